The van der Waals surface area contributed by atoms with Crippen LogP contribution in [-0.4, -0.2) is 31.3 Å². The number of halogens is 1. The predicted molar refractivity (Wildman–Crippen MR) is 97.7 cm³/mol. The Morgan fingerprint density at radius 1 is 1.12 bits per heavy atom. The van der Waals surface area contributed by atoms with Crippen LogP contribution >= 0.6 is 11.6 Å². The van der Waals surface area contributed by atoms with Crippen LogP contribution in [-0.2, 0) is 20.0 Å². The van der Waals surface area contributed by atoms with E-state index in [4.69, 9.17) is 11.6 Å². The summed E-state index contributed by atoms with van der Waals surface area (Å²) in [6, 6.07) is 2.20. The van der Waals surface area contributed by atoms with Gasteiger partial charge in [-0.2, -0.15) is 5.10 Å². The van der Waals surface area contributed by atoms with Gasteiger partial charge in [0.2, 0.25) is 0 Å². The summed E-state index contributed by atoms with van der Waals surface area (Å²) < 4.78 is 1.80. The Labute approximate surface area is 151 Å². The molecular formula is C18H19ClN6. The molecule has 0 amide bonds. The van der Waals surface area contributed by atoms with E-state index in [1.807, 2.05) is 39.5 Å². The lowest BCUT2D eigenvalue weighted by atomic mass is 10.0. The average molecular weight is 355 g/mol. The third kappa shape index (κ3) is 2.98. The SMILES string of the molecule is Cc1nc(Cl)c(C)c(N2CCc3ncc(-c4cnn(C)c4)cc3C2)n1. The molecule has 7 heteroatoms. The van der Waals surface area contributed by atoms with Gasteiger partial charge in [-0.05, 0) is 25.5 Å². The zero-order chi connectivity index (χ0) is 17.6. The molecule has 0 bridgehead atoms. The van der Waals surface area contributed by atoms with Crippen LogP contribution in [0.5, 0.6) is 0 Å². The molecule has 0 fully saturated rings. The zero-order valence-corrected chi connectivity index (χ0v) is 15.2. The van der Waals surface area contributed by atoms with Gasteiger partial charge < -0.3 is 4.90 Å². The minimum Gasteiger partial charge on any atom is -0.351 e. The maximum atomic E-state index is 6.25. The molecule has 0 aromatic carbocycles. The third-order valence-corrected chi connectivity index (χ3v) is 4.92. The van der Waals surface area contributed by atoms with Crippen molar-refractivity contribution in [2.45, 2.75) is 26.8 Å². The average Bonchev–Trinajstić information content (AvgIpc) is 3.03. The fourth-order valence-corrected chi connectivity index (χ4v) is 3.43. The van der Waals surface area contributed by atoms with Gasteiger partial charge in [0.1, 0.15) is 16.8 Å². The number of anilines is 1. The number of pyridine rings is 1. The summed E-state index contributed by atoms with van der Waals surface area (Å²) in [6.07, 6.45) is 6.69. The number of aromatic nitrogens is 5. The maximum absolute atomic E-state index is 6.25. The molecule has 3 aromatic rings. The highest BCUT2D eigenvalue weighted by molar-refractivity contribution is 6.30. The molecule has 0 atom stereocenters. The lowest BCUT2D eigenvalue weighted by Crippen LogP contribution is -2.32. The Morgan fingerprint density at radius 2 is 1.96 bits per heavy atom. The number of hydrogen-bond acceptors (Lipinski definition) is 5. The summed E-state index contributed by atoms with van der Waals surface area (Å²) in [5, 5.41) is 4.77. The lowest BCUT2D eigenvalue weighted by molar-refractivity contribution is 0.697. The molecular weight excluding hydrogens is 336 g/mol. The topological polar surface area (TPSA) is 59.7 Å². The number of nitrogens with zero attached hydrogens (tertiary/aromatic N) is 6. The van der Waals surface area contributed by atoms with Crippen LogP contribution in [0.15, 0.2) is 24.7 Å². The van der Waals surface area contributed by atoms with Crippen LogP contribution in [0.4, 0.5) is 5.82 Å². The third-order valence-electron chi connectivity index (χ3n) is 4.55. The number of rotatable bonds is 2. The van der Waals surface area contributed by atoms with Crippen LogP contribution in [0.25, 0.3) is 11.1 Å². The maximum Gasteiger partial charge on any atom is 0.137 e. The van der Waals surface area contributed by atoms with Crippen molar-refractivity contribution in [3.63, 3.8) is 0 Å². The molecule has 4 heterocycles. The summed E-state index contributed by atoms with van der Waals surface area (Å²) in [5.74, 6) is 1.61. The van der Waals surface area contributed by atoms with E-state index in [9.17, 15) is 0 Å². The molecule has 25 heavy (non-hydrogen) atoms. The molecule has 0 saturated heterocycles. The molecule has 0 radical (unpaired) electrons. The highest BCUT2D eigenvalue weighted by atomic mass is 35.5. The zero-order valence-electron chi connectivity index (χ0n) is 14.5. The van der Waals surface area contributed by atoms with Gasteiger partial charge in [0.15, 0.2) is 0 Å². The molecule has 0 saturated carbocycles. The van der Waals surface area contributed by atoms with Gasteiger partial charge >= 0.3 is 0 Å². The molecule has 128 valence electrons. The second-order valence-electron chi connectivity index (χ2n) is 6.41. The van der Waals surface area contributed by atoms with Gasteiger partial charge in [-0.1, -0.05) is 11.6 Å². The van der Waals surface area contributed by atoms with Crippen molar-refractivity contribution in [3.05, 3.63) is 52.5 Å². The van der Waals surface area contributed by atoms with E-state index >= 15 is 0 Å². The second-order valence-corrected chi connectivity index (χ2v) is 6.77. The van der Waals surface area contributed by atoms with Crippen LogP contribution in [0.1, 0.15) is 22.6 Å². The van der Waals surface area contributed by atoms with Crippen molar-refractivity contribution in [1.82, 2.24) is 24.7 Å². The van der Waals surface area contributed by atoms with Crippen LogP contribution in [0.3, 0.4) is 0 Å². The van der Waals surface area contributed by atoms with Crippen molar-refractivity contribution in [3.8, 4) is 11.1 Å². The largest absolute Gasteiger partial charge is 0.351 e. The summed E-state index contributed by atoms with van der Waals surface area (Å²) in [6.45, 7) is 5.48. The fourth-order valence-electron chi connectivity index (χ4n) is 3.22. The van der Waals surface area contributed by atoms with E-state index in [-0.39, 0.29) is 0 Å². The van der Waals surface area contributed by atoms with Crippen molar-refractivity contribution >= 4 is 17.4 Å². The quantitative estimate of drug-likeness (QED) is 0.662. The van der Waals surface area contributed by atoms with E-state index in [0.29, 0.717) is 11.0 Å². The van der Waals surface area contributed by atoms with Crippen molar-refractivity contribution in [2.75, 3.05) is 11.4 Å². The first-order chi connectivity index (χ1) is 12.0. The van der Waals surface area contributed by atoms with Crippen molar-refractivity contribution in [2.24, 2.45) is 7.05 Å². The summed E-state index contributed by atoms with van der Waals surface area (Å²) >= 11 is 6.25. The molecule has 6 nitrogen and oxygen atoms in total. The second kappa shape index (κ2) is 6.11. The lowest BCUT2D eigenvalue weighted by Gasteiger charge is -2.30. The monoisotopic (exact) mass is 354 g/mol. The minimum absolute atomic E-state index is 0.524. The fraction of sp³-hybridized carbons (Fsp3) is 0.333. The Bertz CT molecular complexity index is 949. The molecule has 3 aromatic heterocycles. The normalized spacial score (nSPS) is 13.8. The Balaban J connectivity index is 1.69. The number of hydrogen-bond donors (Lipinski definition) is 0. The first-order valence-electron chi connectivity index (χ1n) is 8.24. The van der Waals surface area contributed by atoms with Gasteiger partial charge in [0.25, 0.3) is 0 Å². The smallest absolute Gasteiger partial charge is 0.137 e. The van der Waals surface area contributed by atoms with Crippen molar-refractivity contribution < 1.29 is 0 Å². The Hall–Kier alpha value is -2.47. The molecule has 0 aliphatic carbocycles. The van der Waals surface area contributed by atoms with Gasteiger partial charge in [-0.25, -0.2) is 9.97 Å². The molecule has 0 spiro atoms. The van der Waals surface area contributed by atoms with Gasteiger partial charge in [0, 0.05) is 61.3 Å². The van der Waals surface area contributed by atoms with E-state index in [1.165, 1.54) is 5.56 Å². The molecule has 1 aliphatic rings. The molecule has 0 N–H and O–H groups in total. The van der Waals surface area contributed by atoms with Crippen LogP contribution < -0.4 is 4.90 Å². The number of aryl methyl sites for hydroxylation is 2. The first kappa shape index (κ1) is 16.0. The number of fused-ring (bicyclic) bond motifs is 1. The van der Waals surface area contributed by atoms with Crippen LogP contribution in [0, 0.1) is 13.8 Å². The summed E-state index contributed by atoms with van der Waals surface area (Å²) in [5.41, 5.74) is 5.46. The van der Waals surface area contributed by atoms with Crippen LogP contribution in [0.2, 0.25) is 5.15 Å². The summed E-state index contributed by atoms with van der Waals surface area (Å²) in [7, 11) is 1.92. The van der Waals surface area contributed by atoms with Crippen molar-refractivity contribution in [1.29, 1.82) is 0 Å². The Kier molecular flexibility index (Phi) is 3.92. The van der Waals surface area contributed by atoms with Gasteiger partial charge in [-0.3, -0.25) is 9.67 Å². The van der Waals surface area contributed by atoms with E-state index in [2.05, 4.69) is 31.0 Å². The predicted octanol–water partition coefficient (Wildman–Crippen LogP) is 3.11. The van der Waals surface area contributed by atoms with E-state index in [0.717, 1.165) is 47.7 Å². The van der Waals surface area contributed by atoms with Gasteiger partial charge in [-0.15, -0.1) is 0 Å². The summed E-state index contributed by atoms with van der Waals surface area (Å²) in [4.78, 5) is 15.8. The molecule has 4 rings (SSSR count). The van der Waals surface area contributed by atoms with E-state index in [1.54, 1.807) is 4.68 Å². The first-order valence-corrected chi connectivity index (χ1v) is 8.61. The van der Waals surface area contributed by atoms with Gasteiger partial charge in [0.05, 0.1) is 6.20 Å². The molecule has 0 unspecified atom stereocenters. The minimum atomic E-state index is 0.524. The highest BCUT2D eigenvalue weighted by Gasteiger charge is 2.22. The highest BCUT2D eigenvalue weighted by Crippen LogP contribution is 2.29. The van der Waals surface area contributed by atoms with E-state index < -0.39 is 0 Å². The standard InChI is InChI=1S/C18H19ClN6/c1-11-17(19)22-12(2)23-18(11)25-5-4-16-14(10-25)6-13(7-20-16)15-8-21-24(3)9-15/h6-9H,4-5,10H2,1-3H3. The molecule has 1 aliphatic heterocycles. The Morgan fingerprint density at radius 3 is 2.72 bits per heavy atom.